The largest absolute Gasteiger partial charge is 0.465 e. The van der Waals surface area contributed by atoms with Gasteiger partial charge in [0.25, 0.3) is 11.8 Å². The Bertz CT molecular complexity index is 2360. The van der Waals surface area contributed by atoms with Gasteiger partial charge in [-0.3, -0.25) is 14.5 Å². The van der Waals surface area contributed by atoms with Crippen LogP contribution in [0.5, 0.6) is 0 Å². The zero-order valence-corrected chi connectivity index (χ0v) is 31.1. The van der Waals surface area contributed by atoms with Gasteiger partial charge in [0, 0.05) is 51.1 Å². The molecule has 6 N–H and O–H groups in total. The molecule has 1 atom stereocenters. The number of aromatic nitrogens is 3. The molecule has 1 aliphatic rings. The average Bonchev–Trinajstić information content (AvgIpc) is 3.62. The van der Waals surface area contributed by atoms with Crippen LogP contribution in [0.3, 0.4) is 0 Å². The molecule has 0 bridgehead atoms. The Labute approximate surface area is 322 Å². The fourth-order valence-electron chi connectivity index (χ4n) is 6.71. The van der Waals surface area contributed by atoms with E-state index in [0.717, 1.165) is 26.4 Å². The third kappa shape index (κ3) is 8.21. The fraction of sp³-hybridized carbons (Fsp3) is 0.190. The first kappa shape index (κ1) is 36.9. The van der Waals surface area contributed by atoms with Crippen LogP contribution in [0.1, 0.15) is 54.2 Å². The highest BCUT2D eigenvalue weighted by Crippen LogP contribution is 2.38. The van der Waals surface area contributed by atoms with Crippen molar-refractivity contribution < 1.29 is 19.5 Å². The molecule has 55 heavy (non-hydrogen) atoms. The SMILES string of the molecule is CC(C)c1ccc2c(Nc3cc(C(=O)Nc4ccc(NC(=O)[C@@]5(Cc6ccccc6)CCCN5C(=O)O)cc4)ccc3Sc3ccc(N)cc3)ncnc2n1. The van der Waals surface area contributed by atoms with Gasteiger partial charge < -0.3 is 26.8 Å². The van der Waals surface area contributed by atoms with Gasteiger partial charge in [-0.1, -0.05) is 55.9 Å². The first-order valence-electron chi connectivity index (χ1n) is 17.9. The molecule has 1 fully saturated rings. The number of nitrogens with two attached hydrogens (primary N) is 1. The zero-order valence-electron chi connectivity index (χ0n) is 30.3. The predicted molar refractivity (Wildman–Crippen MR) is 216 cm³/mol. The van der Waals surface area contributed by atoms with Crippen LogP contribution in [0.4, 0.5) is 33.4 Å². The fourth-order valence-corrected chi connectivity index (χ4v) is 7.59. The zero-order chi connectivity index (χ0) is 38.5. The standard InChI is InChI=1S/C42H40N8O4S/c1-26(2)34-19-18-33-37(48-34)44-25-45-38(33)49-35-23-28(9-20-36(35)55-32-16-10-29(43)11-17-32)39(51)46-30-12-14-31(15-13-30)47-40(52)42(21-6-22-50(42)41(53)54)24-27-7-4-3-5-8-27/h3-5,7-20,23,25-26H,6,21-22,24,43H2,1-2H3,(H,46,51)(H,47,52)(H,53,54)(H,44,45,48,49)/t42-/m0/s1. The Morgan fingerprint density at radius 2 is 1.62 bits per heavy atom. The summed E-state index contributed by atoms with van der Waals surface area (Å²) >= 11 is 1.52. The Morgan fingerprint density at radius 3 is 2.33 bits per heavy atom. The van der Waals surface area contributed by atoms with Gasteiger partial charge in [0.2, 0.25) is 0 Å². The Hall–Kier alpha value is -6.47. The van der Waals surface area contributed by atoms with Crippen LogP contribution in [0.15, 0.2) is 125 Å². The van der Waals surface area contributed by atoms with Crippen molar-refractivity contribution in [1.82, 2.24) is 19.9 Å². The second-order valence-corrected chi connectivity index (χ2v) is 14.8. The van der Waals surface area contributed by atoms with Gasteiger partial charge in [-0.15, -0.1) is 0 Å². The number of likely N-dealkylation sites (tertiary alicyclic amines) is 1. The van der Waals surface area contributed by atoms with Crippen molar-refractivity contribution in [2.24, 2.45) is 0 Å². The molecule has 0 unspecified atom stereocenters. The summed E-state index contributed by atoms with van der Waals surface area (Å²) in [5.41, 5.74) is 9.78. The van der Waals surface area contributed by atoms with Crippen molar-refractivity contribution in [2.45, 2.75) is 54.4 Å². The first-order chi connectivity index (χ1) is 26.6. The smallest absolute Gasteiger partial charge is 0.408 e. The molecule has 12 nitrogen and oxygen atoms in total. The average molecular weight is 753 g/mol. The van der Waals surface area contributed by atoms with E-state index in [9.17, 15) is 19.5 Å². The number of hydrogen-bond donors (Lipinski definition) is 5. The number of pyridine rings is 1. The summed E-state index contributed by atoms with van der Waals surface area (Å²) < 4.78 is 0. The van der Waals surface area contributed by atoms with E-state index in [1.807, 2.05) is 72.8 Å². The third-order valence-corrected chi connectivity index (χ3v) is 10.7. The van der Waals surface area contributed by atoms with E-state index < -0.39 is 17.5 Å². The summed E-state index contributed by atoms with van der Waals surface area (Å²) in [5, 5.41) is 20.1. The third-order valence-electron chi connectivity index (χ3n) is 9.60. The lowest BCUT2D eigenvalue weighted by atomic mass is 9.87. The first-order valence-corrected chi connectivity index (χ1v) is 18.7. The van der Waals surface area contributed by atoms with Crippen LogP contribution >= 0.6 is 11.8 Å². The maximum absolute atomic E-state index is 13.8. The molecule has 6 aromatic rings. The van der Waals surface area contributed by atoms with Crippen LogP contribution in [0.25, 0.3) is 11.0 Å². The molecule has 7 rings (SSSR count). The summed E-state index contributed by atoms with van der Waals surface area (Å²) in [4.78, 5) is 56.4. The number of nitrogens with one attached hydrogen (secondary N) is 3. The minimum absolute atomic E-state index is 0.238. The van der Waals surface area contributed by atoms with E-state index in [4.69, 9.17) is 10.7 Å². The molecule has 3 heterocycles. The van der Waals surface area contributed by atoms with Crippen molar-refractivity contribution in [3.05, 3.63) is 132 Å². The van der Waals surface area contributed by atoms with Crippen LogP contribution in [-0.4, -0.2) is 54.9 Å². The molecular weight excluding hydrogens is 713 g/mol. The van der Waals surface area contributed by atoms with Crippen molar-refractivity contribution in [2.75, 3.05) is 28.2 Å². The molecule has 2 aromatic heterocycles. The van der Waals surface area contributed by atoms with Crippen LogP contribution in [-0.2, 0) is 11.2 Å². The van der Waals surface area contributed by atoms with Crippen molar-refractivity contribution >= 4 is 69.3 Å². The van der Waals surface area contributed by atoms with E-state index in [1.54, 1.807) is 36.4 Å². The van der Waals surface area contributed by atoms with Crippen LogP contribution < -0.4 is 21.7 Å². The number of carbonyl (C=O) groups excluding carboxylic acids is 2. The number of nitrogens with zero attached hydrogens (tertiary/aromatic N) is 4. The Morgan fingerprint density at radius 1 is 0.891 bits per heavy atom. The summed E-state index contributed by atoms with van der Waals surface area (Å²) in [6.45, 7) is 4.44. The van der Waals surface area contributed by atoms with E-state index in [2.05, 4.69) is 39.8 Å². The van der Waals surface area contributed by atoms with E-state index >= 15 is 0 Å². The minimum atomic E-state index is -1.24. The van der Waals surface area contributed by atoms with Crippen LogP contribution in [0, 0.1) is 0 Å². The highest BCUT2D eigenvalue weighted by molar-refractivity contribution is 7.99. The minimum Gasteiger partial charge on any atom is -0.465 e. The Kier molecular flexibility index (Phi) is 10.6. The van der Waals surface area contributed by atoms with Crippen LogP contribution in [0.2, 0.25) is 0 Å². The number of rotatable bonds is 11. The number of hydrogen-bond acceptors (Lipinski definition) is 9. The van der Waals surface area contributed by atoms with Crippen molar-refractivity contribution in [3.8, 4) is 0 Å². The molecule has 1 saturated heterocycles. The number of amides is 3. The summed E-state index contributed by atoms with van der Waals surface area (Å²) in [6, 6.07) is 33.1. The van der Waals surface area contributed by atoms with Gasteiger partial charge in [-0.25, -0.2) is 19.7 Å². The number of carboxylic acid groups (broad SMARTS) is 1. The molecule has 0 radical (unpaired) electrons. The van der Waals surface area contributed by atoms with Crippen molar-refractivity contribution in [1.29, 1.82) is 0 Å². The molecule has 0 saturated carbocycles. The normalized spacial score (nSPS) is 15.2. The predicted octanol–water partition coefficient (Wildman–Crippen LogP) is 8.57. The summed E-state index contributed by atoms with van der Waals surface area (Å²) in [5.74, 6) is 0.0569. The number of carbonyl (C=O) groups is 3. The quantitative estimate of drug-likeness (QED) is 0.0806. The molecule has 278 valence electrons. The molecule has 3 amide bonds. The second kappa shape index (κ2) is 15.9. The molecule has 0 spiro atoms. The topological polar surface area (TPSA) is 175 Å². The molecule has 4 aromatic carbocycles. The van der Waals surface area contributed by atoms with E-state index in [-0.39, 0.29) is 24.8 Å². The molecule has 13 heteroatoms. The Balaban J connectivity index is 1.11. The molecule has 0 aliphatic carbocycles. The lowest BCUT2D eigenvalue weighted by Crippen LogP contribution is -2.56. The lowest BCUT2D eigenvalue weighted by Gasteiger charge is -2.35. The van der Waals surface area contributed by atoms with Gasteiger partial charge in [-0.2, -0.15) is 0 Å². The van der Waals surface area contributed by atoms with E-state index in [0.29, 0.717) is 52.6 Å². The van der Waals surface area contributed by atoms with Gasteiger partial charge in [0.05, 0.1) is 11.1 Å². The maximum atomic E-state index is 13.8. The highest BCUT2D eigenvalue weighted by Gasteiger charge is 2.50. The number of nitrogen functional groups attached to an aromatic ring is 1. The molecular formula is C42H40N8O4S. The summed E-state index contributed by atoms with van der Waals surface area (Å²) in [7, 11) is 0. The number of benzene rings is 4. The number of fused-ring (bicyclic) bond motifs is 1. The number of anilines is 5. The second-order valence-electron chi connectivity index (χ2n) is 13.7. The van der Waals surface area contributed by atoms with Gasteiger partial charge in [0.1, 0.15) is 17.7 Å². The van der Waals surface area contributed by atoms with Gasteiger partial charge in [0.15, 0.2) is 5.65 Å². The lowest BCUT2D eigenvalue weighted by molar-refractivity contribution is -0.125. The summed E-state index contributed by atoms with van der Waals surface area (Å²) in [6.07, 6.45) is 1.60. The van der Waals surface area contributed by atoms with Crippen molar-refractivity contribution in [3.63, 3.8) is 0 Å². The monoisotopic (exact) mass is 752 g/mol. The highest BCUT2D eigenvalue weighted by atomic mass is 32.2. The van der Waals surface area contributed by atoms with Gasteiger partial charge in [-0.05, 0) is 103 Å². The molecule has 1 aliphatic heterocycles. The van der Waals surface area contributed by atoms with Gasteiger partial charge >= 0.3 is 6.09 Å². The maximum Gasteiger partial charge on any atom is 0.408 e. The van der Waals surface area contributed by atoms with E-state index in [1.165, 1.54) is 23.0 Å².